The number of hydrogen-bond donors (Lipinski definition) is 0. The zero-order chi connectivity index (χ0) is 20.3. The molecule has 3 aliphatic rings. The first-order valence-electron chi connectivity index (χ1n) is 9.75. The molecule has 30 heavy (non-hydrogen) atoms. The molecular weight excluding hydrogens is 464 g/mol. The van der Waals surface area contributed by atoms with E-state index >= 15 is 0 Å². The van der Waals surface area contributed by atoms with E-state index in [-0.39, 0.29) is 19.2 Å². The molecule has 1 atom stereocenters. The summed E-state index contributed by atoms with van der Waals surface area (Å²) in [7, 11) is 0. The molecule has 1 unspecified atom stereocenters. The van der Waals surface area contributed by atoms with Crippen molar-refractivity contribution in [3.05, 3.63) is 85.5 Å². The Morgan fingerprint density at radius 2 is 1.83 bits per heavy atom. The van der Waals surface area contributed by atoms with Crippen molar-refractivity contribution in [2.24, 2.45) is 0 Å². The molecule has 150 valence electrons. The molecule has 6 heteroatoms. The number of halogens is 1. The van der Waals surface area contributed by atoms with Crippen molar-refractivity contribution in [3.8, 4) is 17.2 Å². The number of thiophene rings is 1. The molecule has 3 aromatic rings. The highest BCUT2D eigenvalue weighted by atomic mass is 79.9. The third-order valence-electron chi connectivity index (χ3n) is 6.05. The number of benzene rings is 2. The predicted octanol–water partition coefficient (Wildman–Crippen LogP) is 5.21. The van der Waals surface area contributed by atoms with Gasteiger partial charge in [-0.25, -0.2) is 0 Å². The van der Waals surface area contributed by atoms with Crippen LogP contribution >= 0.6 is 27.3 Å². The summed E-state index contributed by atoms with van der Waals surface area (Å²) in [6, 6.07) is 14.1. The van der Waals surface area contributed by atoms with Crippen LogP contribution in [0.1, 0.15) is 21.6 Å². The van der Waals surface area contributed by atoms with Crippen LogP contribution in [0.3, 0.4) is 0 Å². The number of carbonyl (C=O) groups is 1. The molecule has 0 amide bonds. The highest BCUT2D eigenvalue weighted by Gasteiger charge is 2.50. The lowest BCUT2D eigenvalue weighted by atomic mass is 9.71. The normalized spacial score (nSPS) is 21.1. The first-order valence-corrected chi connectivity index (χ1v) is 11.4. The number of allylic oxidation sites excluding steroid dienone is 2. The molecule has 2 aromatic carbocycles. The van der Waals surface area contributed by atoms with Gasteiger partial charge in [-0.15, -0.1) is 11.3 Å². The lowest BCUT2D eigenvalue weighted by Gasteiger charge is -2.27. The first-order chi connectivity index (χ1) is 14.6. The second kappa shape index (κ2) is 6.72. The summed E-state index contributed by atoms with van der Waals surface area (Å²) in [4.78, 5) is 15.1. The van der Waals surface area contributed by atoms with Gasteiger partial charge in [0.05, 0.1) is 0 Å². The van der Waals surface area contributed by atoms with E-state index in [1.807, 2.05) is 30.3 Å². The molecule has 3 heterocycles. The molecule has 1 spiro atoms. The second-order valence-corrected chi connectivity index (χ2v) is 9.72. The molecular formula is C24H17BrO4S. The molecule has 1 aliphatic carbocycles. The number of ether oxygens (including phenoxy) is 3. The van der Waals surface area contributed by atoms with Gasteiger partial charge < -0.3 is 14.2 Å². The molecule has 4 nitrogen and oxygen atoms in total. The Morgan fingerprint density at radius 1 is 1.00 bits per heavy atom. The monoisotopic (exact) mass is 480 g/mol. The van der Waals surface area contributed by atoms with Crippen molar-refractivity contribution in [3.63, 3.8) is 0 Å². The van der Waals surface area contributed by atoms with Gasteiger partial charge in [-0.05, 0) is 51.7 Å². The fraction of sp³-hybridized carbons (Fsp3) is 0.208. The summed E-state index contributed by atoms with van der Waals surface area (Å²) in [6.45, 7) is 0.478. The van der Waals surface area contributed by atoms with Crippen molar-refractivity contribution < 1.29 is 19.0 Å². The Bertz CT molecular complexity index is 1230. The quantitative estimate of drug-likeness (QED) is 0.504. The van der Waals surface area contributed by atoms with Gasteiger partial charge in [-0.2, -0.15) is 0 Å². The van der Waals surface area contributed by atoms with E-state index in [2.05, 4.69) is 39.5 Å². The molecule has 0 saturated carbocycles. The van der Waals surface area contributed by atoms with E-state index in [0.29, 0.717) is 17.2 Å². The fourth-order valence-electron chi connectivity index (χ4n) is 4.68. The minimum atomic E-state index is -0.856. The van der Waals surface area contributed by atoms with E-state index in [9.17, 15) is 4.79 Å². The molecule has 0 bridgehead atoms. The van der Waals surface area contributed by atoms with Crippen molar-refractivity contribution in [1.82, 2.24) is 0 Å². The Labute approximate surface area is 186 Å². The van der Waals surface area contributed by atoms with Crippen LogP contribution in [-0.4, -0.2) is 19.2 Å². The predicted molar refractivity (Wildman–Crippen MR) is 118 cm³/mol. The Balaban J connectivity index is 1.51. The van der Waals surface area contributed by atoms with E-state index in [1.165, 1.54) is 10.4 Å². The highest BCUT2D eigenvalue weighted by molar-refractivity contribution is 9.10. The smallest absolute Gasteiger partial charge is 0.231 e. The van der Waals surface area contributed by atoms with Crippen LogP contribution < -0.4 is 14.2 Å². The molecule has 1 aromatic heterocycles. The zero-order valence-electron chi connectivity index (χ0n) is 15.9. The summed E-state index contributed by atoms with van der Waals surface area (Å²) in [5.74, 6) is 2.09. The van der Waals surface area contributed by atoms with Crippen LogP contribution in [0.5, 0.6) is 17.2 Å². The van der Waals surface area contributed by atoms with Gasteiger partial charge in [-0.1, -0.05) is 29.8 Å². The first kappa shape index (κ1) is 18.2. The Morgan fingerprint density at radius 3 is 2.67 bits per heavy atom. The van der Waals surface area contributed by atoms with Gasteiger partial charge >= 0.3 is 0 Å². The number of fused-ring (bicyclic) bond motifs is 5. The van der Waals surface area contributed by atoms with Crippen LogP contribution in [0.15, 0.2) is 64.0 Å². The standard InChI is InChI=1S/C24H17BrO4S/c25-16-8-17(30-11-16)6-14-5-15-3-1-2-4-18(15)24(23(26)7-14)12-27-20-10-22-21(9-19(20)24)28-13-29-22/h1-4,7-11H,5-6,12-13H2. The Hall–Kier alpha value is -2.57. The average Bonchev–Trinajstić information content (AvgIpc) is 3.43. The zero-order valence-corrected chi connectivity index (χ0v) is 18.3. The third-order valence-corrected chi connectivity index (χ3v) is 7.75. The van der Waals surface area contributed by atoms with E-state index in [0.717, 1.165) is 34.0 Å². The van der Waals surface area contributed by atoms with Crippen LogP contribution in [0.2, 0.25) is 0 Å². The maximum Gasteiger partial charge on any atom is 0.231 e. The van der Waals surface area contributed by atoms with Gasteiger partial charge in [0.15, 0.2) is 17.3 Å². The van der Waals surface area contributed by atoms with E-state index in [4.69, 9.17) is 14.2 Å². The van der Waals surface area contributed by atoms with Crippen LogP contribution in [-0.2, 0) is 23.1 Å². The van der Waals surface area contributed by atoms with Gasteiger partial charge in [0.2, 0.25) is 6.79 Å². The highest BCUT2D eigenvalue weighted by Crippen LogP contribution is 2.51. The van der Waals surface area contributed by atoms with Gasteiger partial charge in [0.25, 0.3) is 0 Å². The molecule has 6 rings (SSSR count). The van der Waals surface area contributed by atoms with E-state index < -0.39 is 5.41 Å². The minimum Gasteiger partial charge on any atom is -0.491 e. The van der Waals surface area contributed by atoms with Crippen molar-refractivity contribution in [2.45, 2.75) is 18.3 Å². The summed E-state index contributed by atoms with van der Waals surface area (Å²) < 4.78 is 18.3. The van der Waals surface area contributed by atoms with Crippen LogP contribution in [0, 0.1) is 0 Å². The molecule has 0 N–H and O–H groups in total. The molecule has 2 aliphatic heterocycles. The summed E-state index contributed by atoms with van der Waals surface area (Å²) in [5, 5.41) is 2.08. The van der Waals surface area contributed by atoms with Crippen molar-refractivity contribution >= 4 is 33.0 Å². The molecule has 0 saturated heterocycles. The van der Waals surface area contributed by atoms with Crippen molar-refractivity contribution in [1.29, 1.82) is 0 Å². The summed E-state index contributed by atoms with van der Waals surface area (Å²) >= 11 is 5.23. The summed E-state index contributed by atoms with van der Waals surface area (Å²) in [5.41, 5.74) is 3.31. The number of ketones is 1. The number of carbonyl (C=O) groups excluding carboxylic acids is 1. The van der Waals surface area contributed by atoms with Gasteiger partial charge in [0.1, 0.15) is 17.8 Å². The van der Waals surface area contributed by atoms with Gasteiger partial charge in [0, 0.05) is 32.8 Å². The fourth-order valence-corrected chi connectivity index (χ4v) is 6.18. The molecule has 0 radical (unpaired) electrons. The average molecular weight is 481 g/mol. The maximum atomic E-state index is 13.8. The van der Waals surface area contributed by atoms with Crippen LogP contribution in [0.25, 0.3) is 0 Å². The van der Waals surface area contributed by atoms with Crippen molar-refractivity contribution in [2.75, 3.05) is 13.4 Å². The Kier molecular flexibility index (Phi) is 4.08. The minimum absolute atomic E-state index is 0.0655. The lowest BCUT2D eigenvalue weighted by Crippen LogP contribution is -2.38. The number of hydrogen-bond acceptors (Lipinski definition) is 5. The molecule has 0 fully saturated rings. The lowest BCUT2D eigenvalue weighted by molar-refractivity contribution is -0.118. The topological polar surface area (TPSA) is 44.8 Å². The van der Waals surface area contributed by atoms with Gasteiger partial charge in [-0.3, -0.25) is 4.79 Å². The SMILES string of the molecule is O=C1C=C(Cc2cc(Br)cs2)Cc2ccccc2C12COc1cc3c(cc12)OCO3. The maximum absolute atomic E-state index is 13.8. The summed E-state index contributed by atoms with van der Waals surface area (Å²) in [6.07, 6.45) is 3.36. The van der Waals surface area contributed by atoms with Crippen LogP contribution in [0.4, 0.5) is 0 Å². The second-order valence-electron chi connectivity index (χ2n) is 7.80. The largest absolute Gasteiger partial charge is 0.491 e. The third kappa shape index (κ3) is 2.67. The number of rotatable bonds is 2. The van der Waals surface area contributed by atoms with E-state index in [1.54, 1.807) is 11.3 Å².